The number of benzene rings is 1. The van der Waals surface area contributed by atoms with Crippen LogP contribution in [0.25, 0.3) is 11.3 Å². The lowest BCUT2D eigenvalue weighted by atomic mass is 9.97. The van der Waals surface area contributed by atoms with Gasteiger partial charge in [-0.05, 0) is 17.9 Å². The highest BCUT2D eigenvalue weighted by Gasteiger charge is 2.11. The lowest BCUT2D eigenvalue weighted by Gasteiger charge is -2.09. The van der Waals surface area contributed by atoms with Crippen molar-refractivity contribution in [1.29, 1.82) is 0 Å². The van der Waals surface area contributed by atoms with Gasteiger partial charge in [-0.3, -0.25) is 0 Å². The molecule has 0 amide bonds. The van der Waals surface area contributed by atoms with Crippen molar-refractivity contribution in [3.63, 3.8) is 0 Å². The normalized spacial score (nSPS) is 12.6. The second-order valence-corrected chi connectivity index (χ2v) is 5.53. The number of nitrogen functional groups attached to an aromatic ring is 1. The lowest BCUT2D eigenvalue weighted by molar-refractivity contribution is 0.286. The molecule has 0 aliphatic carbocycles. The van der Waals surface area contributed by atoms with Gasteiger partial charge in [0.25, 0.3) is 0 Å². The van der Waals surface area contributed by atoms with Crippen LogP contribution in [-0.4, -0.2) is 10.1 Å². The van der Waals surface area contributed by atoms with E-state index in [1.807, 2.05) is 0 Å². The summed E-state index contributed by atoms with van der Waals surface area (Å²) in [4.78, 5) is 5.11. The van der Waals surface area contributed by atoms with Gasteiger partial charge in [-0.2, -0.15) is 0 Å². The molecule has 1 aromatic carbocycles. The molecule has 1 heterocycles. The minimum absolute atomic E-state index is 0.0166. The number of nitrogens with zero attached hydrogens (tertiary/aromatic N) is 1. The fourth-order valence-corrected chi connectivity index (χ4v) is 2.62. The van der Waals surface area contributed by atoms with Crippen molar-refractivity contribution >= 4 is 16.5 Å². The third kappa shape index (κ3) is 2.54. The Kier molecular flexibility index (Phi) is 3.99. The molecule has 1 unspecified atom stereocenters. The SMILES string of the molecule is CCC(C)c1ccc(-c2nc(N)sc2CO)cc1. The molecule has 4 heteroatoms. The summed E-state index contributed by atoms with van der Waals surface area (Å²) >= 11 is 1.34. The van der Waals surface area contributed by atoms with E-state index in [2.05, 4.69) is 43.1 Å². The fraction of sp³-hybridized carbons (Fsp3) is 0.357. The van der Waals surface area contributed by atoms with Crippen molar-refractivity contribution < 1.29 is 5.11 Å². The van der Waals surface area contributed by atoms with Crippen LogP contribution in [0.4, 0.5) is 5.13 Å². The zero-order valence-electron chi connectivity index (χ0n) is 10.7. The molecule has 0 fully saturated rings. The highest BCUT2D eigenvalue weighted by molar-refractivity contribution is 7.15. The van der Waals surface area contributed by atoms with Gasteiger partial charge in [0.2, 0.25) is 0 Å². The van der Waals surface area contributed by atoms with Crippen molar-refractivity contribution in [3.8, 4) is 11.3 Å². The summed E-state index contributed by atoms with van der Waals surface area (Å²) in [5.74, 6) is 0.567. The van der Waals surface area contributed by atoms with Crippen molar-refractivity contribution in [2.75, 3.05) is 5.73 Å². The number of anilines is 1. The Hall–Kier alpha value is -1.39. The van der Waals surface area contributed by atoms with Crippen LogP contribution in [-0.2, 0) is 6.61 Å². The van der Waals surface area contributed by atoms with E-state index in [9.17, 15) is 5.11 Å². The number of thiazole rings is 1. The van der Waals surface area contributed by atoms with E-state index in [0.29, 0.717) is 11.0 Å². The zero-order chi connectivity index (χ0) is 13.1. The van der Waals surface area contributed by atoms with Crippen LogP contribution in [0, 0.1) is 0 Å². The highest BCUT2D eigenvalue weighted by atomic mass is 32.1. The monoisotopic (exact) mass is 262 g/mol. The summed E-state index contributed by atoms with van der Waals surface area (Å²) in [6.45, 7) is 4.38. The molecule has 0 saturated heterocycles. The van der Waals surface area contributed by atoms with E-state index in [4.69, 9.17) is 5.73 Å². The lowest BCUT2D eigenvalue weighted by Crippen LogP contribution is -1.92. The van der Waals surface area contributed by atoms with Gasteiger partial charge in [0.15, 0.2) is 5.13 Å². The number of nitrogens with two attached hydrogens (primary N) is 1. The number of aromatic nitrogens is 1. The standard InChI is InChI=1S/C14H18N2OS/c1-3-9(2)10-4-6-11(7-5-10)13-12(8-17)18-14(15)16-13/h4-7,9,17H,3,8H2,1-2H3,(H2,15,16). The van der Waals surface area contributed by atoms with Crippen molar-refractivity contribution in [2.45, 2.75) is 32.8 Å². The van der Waals surface area contributed by atoms with Crippen LogP contribution in [0.3, 0.4) is 0 Å². The van der Waals surface area contributed by atoms with Gasteiger partial charge < -0.3 is 10.8 Å². The molecule has 1 aromatic heterocycles. The summed E-state index contributed by atoms with van der Waals surface area (Å²) in [6, 6.07) is 8.35. The van der Waals surface area contributed by atoms with Gasteiger partial charge in [0, 0.05) is 5.56 Å². The summed E-state index contributed by atoms with van der Waals surface area (Å²) in [5, 5.41) is 9.79. The minimum atomic E-state index is -0.0166. The number of aliphatic hydroxyl groups is 1. The molecular formula is C14H18N2OS. The second kappa shape index (κ2) is 5.50. The van der Waals surface area contributed by atoms with Crippen LogP contribution in [0.1, 0.15) is 36.6 Å². The molecule has 0 radical (unpaired) electrons. The topological polar surface area (TPSA) is 59.1 Å². The van der Waals surface area contributed by atoms with E-state index in [0.717, 1.165) is 22.6 Å². The predicted molar refractivity (Wildman–Crippen MR) is 76.6 cm³/mol. The summed E-state index contributed by atoms with van der Waals surface area (Å²) in [6.07, 6.45) is 1.13. The Bertz CT molecular complexity index is 519. The Labute approximate surface area is 111 Å². The molecule has 2 aromatic rings. The van der Waals surface area contributed by atoms with Gasteiger partial charge >= 0.3 is 0 Å². The average molecular weight is 262 g/mol. The maximum absolute atomic E-state index is 9.29. The number of hydrogen-bond acceptors (Lipinski definition) is 4. The molecule has 0 aliphatic heterocycles. The first-order chi connectivity index (χ1) is 8.65. The third-order valence-electron chi connectivity index (χ3n) is 3.22. The maximum Gasteiger partial charge on any atom is 0.180 e. The van der Waals surface area contributed by atoms with Gasteiger partial charge in [0.1, 0.15) is 0 Å². The molecule has 3 N–H and O–H groups in total. The molecule has 3 nitrogen and oxygen atoms in total. The zero-order valence-corrected chi connectivity index (χ0v) is 11.5. The van der Waals surface area contributed by atoms with Crippen molar-refractivity contribution in [3.05, 3.63) is 34.7 Å². The summed E-state index contributed by atoms with van der Waals surface area (Å²) < 4.78 is 0. The van der Waals surface area contributed by atoms with E-state index in [1.165, 1.54) is 16.9 Å². The average Bonchev–Trinajstić information content (AvgIpc) is 2.79. The first-order valence-corrected chi connectivity index (χ1v) is 6.93. The number of aliphatic hydroxyl groups excluding tert-OH is 1. The van der Waals surface area contributed by atoms with E-state index in [-0.39, 0.29) is 6.61 Å². The van der Waals surface area contributed by atoms with Crippen LogP contribution < -0.4 is 5.73 Å². The number of rotatable bonds is 4. The van der Waals surface area contributed by atoms with Gasteiger partial charge in [-0.1, -0.05) is 49.4 Å². The quantitative estimate of drug-likeness (QED) is 0.887. The smallest absolute Gasteiger partial charge is 0.180 e. The van der Waals surface area contributed by atoms with E-state index < -0.39 is 0 Å². The molecule has 96 valence electrons. The molecule has 0 aliphatic rings. The Morgan fingerprint density at radius 1 is 1.33 bits per heavy atom. The first kappa shape index (κ1) is 13.1. The maximum atomic E-state index is 9.29. The Balaban J connectivity index is 2.34. The van der Waals surface area contributed by atoms with Crippen molar-refractivity contribution in [1.82, 2.24) is 4.98 Å². The number of hydrogen-bond donors (Lipinski definition) is 2. The van der Waals surface area contributed by atoms with Gasteiger partial charge in [0.05, 0.1) is 17.2 Å². The third-order valence-corrected chi connectivity index (χ3v) is 4.09. The molecule has 0 bridgehead atoms. The largest absolute Gasteiger partial charge is 0.391 e. The fourth-order valence-electron chi connectivity index (χ4n) is 1.91. The minimum Gasteiger partial charge on any atom is -0.391 e. The van der Waals surface area contributed by atoms with Crippen molar-refractivity contribution in [2.24, 2.45) is 0 Å². The molecule has 0 saturated carbocycles. The van der Waals surface area contributed by atoms with E-state index >= 15 is 0 Å². The summed E-state index contributed by atoms with van der Waals surface area (Å²) in [5.41, 5.74) is 8.83. The van der Waals surface area contributed by atoms with Gasteiger partial charge in [-0.15, -0.1) is 0 Å². The van der Waals surface area contributed by atoms with Crippen LogP contribution in [0.5, 0.6) is 0 Å². The summed E-state index contributed by atoms with van der Waals surface area (Å²) in [7, 11) is 0. The predicted octanol–water partition coefficient (Wildman–Crippen LogP) is 3.40. The Morgan fingerprint density at radius 2 is 2.00 bits per heavy atom. The molecule has 1 atom stereocenters. The van der Waals surface area contributed by atoms with Gasteiger partial charge in [-0.25, -0.2) is 4.98 Å². The molecular weight excluding hydrogens is 244 g/mol. The highest BCUT2D eigenvalue weighted by Crippen LogP contribution is 2.30. The van der Waals surface area contributed by atoms with Crippen LogP contribution in [0.2, 0.25) is 0 Å². The molecule has 0 spiro atoms. The second-order valence-electron chi connectivity index (χ2n) is 4.41. The first-order valence-electron chi connectivity index (χ1n) is 6.12. The molecule has 2 rings (SSSR count). The van der Waals surface area contributed by atoms with Crippen LogP contribution in [0.15, 0.2) is 24.3 Å². The van der Waals surface area contributed by atoms with E-state index in [1.54, 1.807) is 0 Å². The van der Waals surface area contributed by atoms with Crippen LogP contribution >= 0.6 is 11.3 Å². The molecule has 18 heavy (non-hydrogen) atoms. The Morgan fingerprint density at radius 3 is 2.56 bits per heavy atom.